The highest BCUT2D eigenvalue weighted by Crippen LogP contribution is 2.53. The number of rotatable bonds is 7. The Morgan fingerprint density at radius 3 is 1.28 bits per heavy atom. The minimum atomic E-state index is 0.897. The van der Waals surface area contributed by atoms with Gasteiger partial charge in [0, 0.05) is 62.8 Å². The summed E-state index contributed by atoms with van der Waals surface area (Å²) in [6.07, 6.45) is 0. The molecule has 20 aromatic carbocycles. The highest BCUT2D eigenvalue weighted by molar-refractivity contribution is 7.27. The van der Waals surface area contributed by atoms with E-state index in [-0.39, 0.29) is 0 Å². The molecular formula is C104H58O2S2. The van der Waals surface area contributed by atoms with Gasteiger partial charge in [-0.15, -0.1) is 22.7 Å². The van der Waals surface area contributed by atoms with Gasteiger partial charge in [0.1, 0.15) is 16.7 Å². The van der Waals surface area contributed by atoms with E-state index in [1.165, 1.54) is 182 Å². The van der Waals surface area contributed by atoms with Crippen molar-refractivity contribution in [2.45, 2.75) is 0 Å². The Balaban J connectivity index is 0.678. The fraction of sp³-hybridized carbons (Fsp3) is 0. The summed E-state index contributed by atoms with van der Waals surface area (Å²) in [7, 11) is 0. The molecule has 0 radical (unpaired) electrons. The summed E-state index contributed by atoms with van der Waals surface area (Å²) < 4.78 is 18.6. The molecule has 0 fully saturated rings. The molecule has 4 aromatic heterocycles. The number of furan rings is 2. The fourth-order valence-electron chi connectivity index (χ4n) is 18.6. The zero-order chi connectivity index (χ0) is 70.4. The molecule has 0 spiro atoms. The van der Waals surface area contributed by atoms with E-state index in [4.69, 9.17) is 8.83 Å². The van der Waals surface area contributed by atoms with E-state index in [1.807, 2.05) is 22.7 Å². The molecule has 4 heteroatoms. The van der Waals surface area contributed by atoms with Crippen LogP contribution in [-0.4, -0.2) is 0 Å². The molecule has 0 atom stereocenters. The van der Waals surface area contributed by atoms with Crippen LogP contribution in [0.25, 0.3) is 248 Å². The molecule has 0 N–H and O–H groups in total. The average Bonchev–Trinajstić information content (AvgIpc) is 1.70. The van der Waals surface area contributed by atoms with Crippen LogP contribution in [0.2, 0.25) is 0 Å². The number of hydrogen-bond donors (Lipinski definition) is 0. The lowest BCUT2D eigenvalue weighted by Gasteiger charge is -2.20. The van der Waals surface area contributed by atoms with Gasteiger partial charge in [-0.3, -0.25) is 0 Å². The summed E-state index contributed by atoms with van der Waals surface area (Å²) in [6.45, 7) is 0. The number of thiophene rings is 2. The molecule has 24 aromatic rings. The molecule has 4 heterocycles. The Morgan fingerprint density at radius 1 is 0.176 bits per heavy atom. The standard InChI is InChI=1S/C104H58O2S2/c1-4-28-68-59(20-1)23-17-42-74(68)98-80-35-11-7-31-76(80)97(77-32-8-12-36-81(77)98)66-27-16-25-63(53-66)67-55-89(103-90(56-67)88-57-91-94(58-95(88)107-103)105-93-51-45-60-21-2-5-29-69(60)100(91)93)73-41-18-40-72-71(73)39-19-43-75(72)99-82-37-13-9-33-78(82)96(79-34-10-14-38-83(79)99)65-26-15-24-62(52-65)64-46-50-92-87(54-64)84-48-49-86-85-47-44-61-22-3-6-30-70(61)102(85)108-104(86)101(84)106-92/h1-58H. The second kappa shape index (κ2) is 23.0. The molecule has 0 bridgehead atoms. The van der Waals surface area contributed by atoms with Crippen LogP contribution in [0.4, 0.5) is 0 Å². The molecular weight excluding hydrogens is 1350 g/mol. The molecule has 0 saturated carbocycles. The Hall–Kier alpha value is -13.5. The maximum atomic E-state index is 6.84. The lowest BCUT2D eigenvalue weighted by Crippen LogP contribution is -1.93. The molecule has 498 valence electrons. The molecule has 2 nitrogen and oxygen atoms in total. The van der Waals surface area contributed by atoms with Crippen LogP contribution in [-0.2, 0) is 0 Å². The van der Waals surface area contributed by atoms with Crippen LogP contribution in [0.15, 0.2) is 361 Å². The molecule has 0 aliphatic rings. The average molecular weight is 1400 g/mol. The normalized spacial score (nSPS) is 12.3. The minimum Gasteiger partial charge on any atom is -0.456 e. The lowest BCUT2D eigenvalue weighted by atomic mass is 9.83. The summed E-state index contributed by atoms with van der Waals surface area (Å²) in [6, 6.07) is 131. The minimum absolute atomic E-state index is 0.897. The van der Waals surface area contributed by atoms with E-state index in [1.54, 1.807) is 0 Å². The number of fused-ring (bicyclic) bond motifs is 23. The zero-order valence-electron chi connectivity index (χ0n) is 58.1. The molecule has 24 rings (SSSR count). The molecule has 0 aliphatic carbocycles. The van der Waals surface area contributed by atoms with Gasteiger partial charge in [-0.25, -0.2) is 0 Å². The van der Waals surface area contributed by atoms with Crippen molar-refractivity contribution >= 4 is 193 Å². The van der Waals surface area contributed by atoms with Gasteiger partial charge in [-0.2, -0.15) is 0 Å². The van der Waals surface area contributed by atoms with Crippen molar-refractivity contribution < 1.29 is 8.83 Å². The third-order valence-electron chi connectivity index (χ3n) is 23.4. The predicted molar refractivity (Wildman–Crippen MR) is 465 cm³/mol. The van der Waals surface area contributed by atoms with Gasteiger partial charge in [0.05, 0.1) is 4.70 Å². The van der Waals surface area contributed by atoms with Gasteiger partial charge in [0.15, 0.2) is 5.58 Å². The topological polar surface area (TPSA) is 26.3 Å². The van der Waals surface area contributed by atoms with Crippen LogP contribution in [0.3, 0.4) is 0 Å². The Bertz CT molecular complexity index is 7960. The van der Waals surface area contributed by atoms with Crippen LogP contribution in [0, 0.1) is 0 Å². The van der Waals surface area contributed by atoms with Crippen LogP contribution >= 0.6 is 22.7 Å². The van der Waals surface area contributed by atoms with Crippen molar-refractivity contribution in [1.29, 1.82) is 0 Å². The maximum Gasteiger partial charge on any atom is 0.153 e. The van der Waals surface area contributed by atoms with E-state index in [9.17, 15) is 0 Å². The van der Waals surface area contributed by atoms with Crippen molar-refractivity contribution in [2.75, 3.05) is 0 Å². The van der Waals surface area contributed by atoms with Gasteiger partial charge < -0.3 is 8.83 Å². The fourth-order valence-corrected chi connectivity index (χ4v) is 21.2. The second-order valence-corrected chi connectivity index (χ2v) is 31.2. The summed E-state index contributed by atoms with van der Waals surface area (Å²) in [5, 5.41) is 29.1. The highest BCUT2D eigenvalue weighted by Gasteiger charge is 2.25. The van der Waals surface area contributed by atoms with Crippen molar-refractivity contribution in [3.63, 3.8) is 0 Å². The van der Waals surface area contributed by atoms with Gasteiger partial charge in [0.2, 0.25) is 0 Å². The quantitative estimate of drug-likeness (QED) is 0.149. The van der Waals surface area contributed by atoms with E-state index in [0.29, 0.717) is 0 Å². The zero-order valence-corrected chi connectivity index (χ0v) is 59.8. The first-order chi connectivity index (χ1) is 53.5. The lowest BCUT2D eigenvalue weighted by molar-refractivity contribution is 0.670. The summed E-state index contributed by atoms with van der Waals surface area (Å²) in [4.78, 5) is 0. The van der Waals surface area contributed by atoms with Gasteiger partial charge in [-0.1, -0.05) is 291 Å². The monoisotopic (exact) mass is 1400 g/mol. The first-order valence-electron chi connectivity index (χ1n) is 37.1. The summed E-state index contributed by atoms with van der Waals surface area (Å²) >= 11 is 3.71. The van der Waals surface area contributed by atoms with Crippen LogP contribution < -0.4 is 0 Å². The number of benzene rings is 20. The third kappa shape index (κ3) is 8.75. The summed E-state index contributed by atoms with van der Waals surface area (Å²) in [5.74, 6) is 0. The molecule has 0 amide bonds. The van der Waals surface area contributed by atoms with Gasteiger partial charge in [0.25, 0.3) is 0 Å². The van der Waals surface area contributed by atoms with Crippen LogP contribution in [0.1, 0.15) is 0 Å². The first-order valence-corrected chi connectivity index (χ1v) is 38.7. The van der Waals surface area contributed by atoms with Crippen molar-refractivity contribution in [1.82, 2.24) is 0 Å². The highest BCUT2D eigenvalue weighted by atomic mass is 32.1. The van der Waals surface area contributed by atoms with Gasteiger partial charge in [-0.05, 0) is 219 Å². The Kier molecular flexibility index (Phi) is 12.8. The molecule has 0 unspecified atom stereocenters. The molecule has 108 heavy (non-hydrogen) atoms. The van der Waals surface area contributed by atoms with Crippen LogP contribution in [0.5, 0.6) is 0 Å². The third-order valence-corrected chi connectivity index (χ3v) is 25.8. The largest absolute Gasteiger partial charge is 0.456 e. The SMILES string of the molecule is c1cc(-c2cc(-c3cccc4c(-c5c6ccccc6c(-c6cccc(-c7ccc8oc9c(ccc%10c%11ccc%12ccccc%12c%11sc%109)c8c7)c6)c6ccccc56)cccc34)c3sc4cc5oc6ccc7ccccc7c6c5cc4c3c2)cc(-c2c3ccccc3c(-c3cccc4ccccc34)c3ccccc23)c1. The van der Waals surface area contributed by atoms with E-state index in [0.717, 1.165) is 66.1 Å². The van der Waals surface area contributed by atoms with E-state index in [2.05, 4.69) is 352 Å². The van der Waals surface area contributed by atoms with Crippen molar-refractivity contribution in [2.24, 2.45) is 0 Å². The Labute approximate surface area is 627 Å². The van der Waals surface area contributed by atoms with Gasteiger partial charge >= 0.3 is 0 Å². The van der Waals surface area contributed by atoms with E-state index >= 15 is 0 Å². The second-order valence-electron chi connectivity index (χ2n) is 29.1. The maximum absolute atomic E-state index is 6.84. The molecule has 0 aliphatic heterocycles. The summed E-state index contributed by atoms with van der Waals surface area (Å²) in [5.41, 5.74) is 20.4. The first kappa shape index (κ1) is 59.9. The number of hydrogen-bond acceptors (Lipinski definition) is 4. The van der Waals surface area contributed by atoms with E-state index < -0.39 is 0 Å². The predicted octanol–water partition coefficient (Wildman–Crippen LogP) is 31.1. The van der Waals surface area contributed by atoms with Crippen molar-refractivity contribution in [3.8, 4) is 77.9 Å². The van der Waals surface area contributed by atoms with Crippen molar-refractivity contribution in [3.05, 3.63) is 352 Å². The molecule has 0 saturated heterocycles. The Morgan fingerprint density at radius 2 is 0.620 bits per heavy atom. The smallest absolute Gasteiger partial charge is 0.153 e.